The van der Waals surface area contributed by atoms with Crippen LogP contribution in [-0.4, -0.2) is 34.3 Å². The summed E-state index contributed by atoms with van der Waals surface area (Å²) >= 11 is 5.64. The van der Waals surface area contributed by atoms with Crippen LogP contribution in [0.5, 0.6) is 5.75 Å². The minimum Gasteiger partial charge on any atom is -0.490 e. The zero-order valence-corrected chi connectivity index (χ0v) is 14.6. The number of hydrogen-bond donors (Lipinski definition) is 1. The third-order valence-electron chi connectivity index (χ3n) is 3.65. The number of carbonyl (C=O) groups is 1. The molecule has 0 atom stereocenters. The lowest BCUT2D eigenvalue weighted by molar-refractivity contribution is 0.0483. The van der Waals surface area contributed by atoms with Gasteiger partial charge in [-0.15, -0.1) is 0 Å². The van der Waals surface area contributed by atoms with Gasteiger partial charge < -0.3 is 14.8 Å². The second-order valence-electron chi connectivity index (χ2n) is 6.86. The van der Waals surface area contributed by atoms with Gasteiger partial charge in [-0.25, -0.2) is 14.8 Å². The molecule has 1 aromatic rings. The molecular formula is C16H24ClN3O3. The topological polar surface area (TPSA) is 73.3 Å². The number of nitrogens with zero attached hydrogens (tertiary/aromatic N) is 2. The van der Waals surface area contributed by atoms with Crippen LogP contribution in [0, 0.1) is 5.92 Å². The third kappa shape index (κ3) is 6.60. The third-order valence-corrected chi connectivity index (χ3v) is 3.85. The van der Waals surface area contributed by atoms with Crippen LogP contribution in [0.25, 0.3) is 0 Å². The van der Waals surface area contributed by atoms with Crippen LogP contribution in [0.4, 0.5) is 4.79 Å². The highest BCUT2D eigenvalue weighted by Gasteiger charge is 2.25. The summed E-state index contributed by atoms with van der Waals surface area (Å²) in [5.74, 6) is 1.10. The molecule has 1 N–H and O–H groups in total. The van der Waals surface area contributed by atoms with Crippen LogP contribution in [0.2, 0.25) is 5.28 Å². The van der Waals surface area contributed by atoms with Crippen molar-refractivity contribution in [2.75, 3.05) is 6.61 Å². The Bertz CT molecular complexity index is 508. The van der Waals surface area contributed by atoms with E-state index in [1.807, 2.05) is 20.8 Å². The van der Waals surface area contributed by atoms with Gasteiger partial charge in [-0.05, 0) is 64.0 Å². The molecule has 1 aliphatic carbocycles. The van der Waals surface area contributed by atoms with Gasteiger partial charge in [0.05, 0.1) is 19.0 Å². The summed E-state index contributed by atoms with van der Waals surface area (Å²) in [6.07, 6.45) is 6.70. The fourth-order valence-corrected chi connectivity index (χ4v) is 2.63. The molecule has 1 aliphatic rings. The second-order valence-corrected chi connectivity index (χ2v) is 7.20. The lowest BCUT2D eigenvalue weighted by Gasteiger charge is -2.29. The first kappa shape index (κ1) is 17.8. The molecule has 0 aromatic carbocycles. The van der Waals surface area contributed by atoms with E-state index in [2.05, 4.69) is 15.3 Å². The molecule has 128 valence electrons. The average molecular weight is 342 g/mol. The summed E-state index contributed by atoms with van der Waals surface area (Å²) in [4.78, 5) is 19.5. The van der Waals surface area contributed by atoms with Crippen LogP contribution < -0.4 is 10.1 Å². The molecule has 0 bridgehead atoms. The van der Waals surface area contributed by atoms with Gasteiger partial charge in [0.25, 0.3) is 0 Å². The first-order valence-corrected chi connectivity index (χ1v) is 8.29. The Morgan fingerprint density at radius 2 is 1.87 bits per heavy atom. The zero-order valence-electron chi connectivity index (χ0n) is 13.8. The Balaban J connectivity index is 1.67. The molecule has 7 heteroatoms. The van der Waals surface area contributed by atoms with E-state index in [9.17, 15) is 4.79 Å². The maximum atomic E-state index is 11.8. The highest BCUT2D eigenvalue weighted by molar-refractivity contribution is 6.28. The lowest BCUT2D eigenvalue weighted by atomic mass is 9.86. The van der Waals surface area contributed by atoms with Crippen LogP contribution in [0.1, 0.15) is 46.5 Å². The molecule has 1 aromatic heterocycles. The van der Waals surface area contributed by atoms with Crippen molar-refractivity contribution in [1.82, 2.24) is 15.3 Å². The van der Waals surface area contributed by atoms with Crippen molar-refractivity contribution in [2.45, 2.75) is 58.1 Å². The quantitative estimate of drug-likeness (QED) is 0.847. The van der Waals surface area contributed by atoms with E-state index in [0.29, 0.717) is 18.3 Å². The van der Waals surface area contributed by atoms with Crippen molar-refractivity contribution in [1.29, 1.82) is 0 Å². The SMILES string of the molecule is CC(C)(C)OC(=O)N[C@H]1CC[C@H](COc2cnc(Cl)nc2)CC1. The first-order chi connectivity index (χ1) is 10.8. The van der Waals surface area contributed by atoms with Gasteiger partial charge in [0.2, 0.25) is 5.28 Å². The lowest BCUT2D eigenvalue weighted by Crippen LogP contribution is -2.41. The molecule has 0 unspecified atom stereocenters. The number of amides is 1. The number of halogens is 1. The summed E-state index contributed by atoms with van der Waals surface area (Å²) in [6, 6.07) is 0.181. The van der Waals surface area contributed by atoms with Gasteiger partial charge in [0.1, 0.15) is 5.60 Å². The van der Waals surface area contributed by atoms with Gasteiger partial charge >= 0.3 is 6.09 Å². The summed E-state index contributed by atoms with van der Waals surface area (Å²) in [5.41, 5.74) is -0.463. The standard InChI is InChI=1S/C16H24ClN3O3/c1-16(2,3)23-15(21)20-12-6-4-11(5-7-12)10-22-13-8-18-14(17)19-9-13/h8-9,11-12H,4-7,10H2,1-3H3,(H,20,21)/t11-,12-. The molecule has 0 aliphatic heterocycles. The number of alkyl carbamates (subject to hydrolysis) is 1. The first-order valence-electron chi connectivity index (χ1n) is 7.92. The Morgan fingerprint density at radius 1 is 1.26 bits per heavy atom. The molecule has 23 heavy (non-hydrogen) atoms. The van der Waals surface area contributed by atoms with Gasteiger partial charge in [0.15, 0.2) is 5.75 Å². The molecule has 1 heterocycles. The van der Waals surface area contributed by atoms with E-state index in [4.69, 9.17) is 21.1 Å². The summed E-state index contributed by atoms with van der Waals surface area (Å²) in [5, 5.41) is 3.15. The fourth-order valence-electron chi connectivity index (χ4n) is 2.54. The molecule has 2 rings (SSSR count). The van der Waals surface area contributed by atoms with Crippen LogP contribution in [-0.2, 0) is 4.74 Å². The molecule has 1 fully saturated rings. The van der Waals surface area contributed by atoms with Crippen molar-refractivity contribution in [3.63, 3.8) is 0 Å². The molecule has 6 nitrogen and oxygen atoms in total. The largest absolute Gasteiger partial charge is 0.490 e. The number of nitrogens with one attached hydrogen (secondary N) is 1. The van der Waals surface area contributed by atoms with Crippen LogP contribution in [0.3, 0.4) is 0 Å². The van der Waals surface area contributed by atoms with Gasteiger partial charge in [-0.2, -0.15) is 0 Å². The van der Waals surface area contributed by atoms with Crippen molar-refractivity contribution < 1.29 is 14.3 Å². The van der Waals surface area contributed by atoms with Gasteiger partial charge in [-0.3, -0.25) is 0 Å². The Kier molecular flexibility index (Phi) is 6.04. The minimum atomic E-state index is -0.463. The number of ether oxygens (including phenoxy) is 2. The Morgan fingerprint density at radius 3 is 2.43 bits per heavy atom. The smallest absolute Gasteiger partial charge is 0.407 e. The molecule has 0 radical (unpaired) electrons. The zero-order chi connectivity index (χ0) is 16.9. The van der Waals surface area contributed by atoms with E-state index < -0.39 is 5.60 Å². The monoisotopic (exact) mass is 341 g/mol. The van der Waals surface area contributed by atoms with E-state index in [-0.39, 0.29) is 17.4 Å². The number of aromatic nitrogens is 2. The predicted octanol–water partition coefficient (Wildman–Crippen LogP) is 3.59. The van der Waals surface area contributed by atoms with E-state index in [1.165, 1.54) is 0 Å². The van der Waals surface area contributed by atoms with Crippen molar-refractivity contribution in [3.8, 4) is 5.75 Å². The normalized spacial score (nSPS) is 21.6. The maximum absolute atomic E-state index is 11.8. The Hall–Kier alpha value is -1.56. The highest BCUT2D eigenvalue weighted by atomic mass is 35.5. The van der Waals surface area contributed by atoms with Crippen LogP contribution >= 0.6 is 11.6 Å². The molecule has 0 saturated heterocycles. The number of hydrogen-bond acceptors (Lipinski definition) is 5. The van der Waals surface area contributed by atoms with Crippen molar-refractivity contribution in [2.24, 2.45) is 5.92 Å². The maximum Gasteiger partial charge on any atom is 0.407 e. The van der Waals surface area contributed by atoms with E-state index >= 15 is 0 Å². The molecule has 1 amide bonds. The van der Waals surface area contributed by atoms with Gasteiger partial charge in [-0.1, -0.05) is 0 Å². The molecule has 0 spiro atoms. The Labute approximate surface area is 141 Å². The second kappa shape index (κ2) is 7.81. The van der Waals surface area contributed by atoms with Gasteiger partial charge in [0, 0.05) is 6.04 Å². The van der Waals surface area contributed by atoms with Crippen molar-refractivity contribution in [3.05, 3.63) is 17.7 Å². The van der Waals surface area contributed by atoms with E-state index in [0.717, 1.165) is 25.7 Å². The summed E-state index contributed by atoms with van der Waals surface area (Å²) < 4.78 is 11.0. The van der Waals surface area contributed by atoms with Crippen LogP contribution in [0.15, 0.2) is 12.4 Å². The number of carbonyl (C=O) groups excluding carboxylic acids is 1. The molecular weight excluding hydrogens is 318 g/mol. The average Bonchev–Trinajstić information content (AvgIpc) is 2.46. The summed E-state index contributed by atoms with van der Waals surface area (Å²) in [6.45, 7) is 6.22. The van der Waals surface area contributed by atoms with Crippen molar-refractivity contribution >= 4 is 17.7 Å². The number of rotatable bonds is 4. The minimum absolute atomic E-state index is 0.181. The predicted molar refractivity (Wildman–Crippen MR) is 87.7 cm³/mol. The highest BCUT2D eigenvalue weighted by Crippen LogP contribution is 2.25. The van der Waals surface area contributed by atoms with E-state index in [1.54, 1.807) is 12.4 Å². The molecule has 1 saturated carbocycles. The fraction of sp³-hybridized carbons (Fsp3) is 0.688. The summed E-state index contributed by atoms with van der Waals surface area (Å²) in [7, 11) is 0.